The van der Waals surface area contributed by atoms with E-state index >= 15 is 0 Å². The first-order valence-electron chi connectivity index (χ1n) is 6.71. The quantitative estimate of drug-likeness (QED) is 0.733. The number of carbonyl (C=O) groups excluding carboxylic acids is 3. The minimum absolute atomic E-state index is 0.170. The first-order chi connectivity index (χ1) is 9.13. The Hall–Kier alpha value is -1.43. The Morgan fingerprint density at radius 3 is 2.20 bits per heavy atom. The lowest BCUT2D eigenvalue weighted by atomic mass is 9.91. The molecular formula is C14H23NO5. The Morgan fingerprint density at radius 1 is 1.20 bits per heavy atom. The lowest BCUT2D eigenvalue weighted by Crippen LogP contribution is -2.56. The van der Waals surface area contributed by atoms with Gasteiger partial charge in [-0.15, -0.1) is 0 Å². The summed E-state index contributed by atoms with van der Waals surface area (Å²) in [5.74, 6) is -1.38. The van der Waals surface area contributed by atoms with Crippen LogP contribution in [0.15, 0.2) is 0 Å². The predicted octanol–water partition coefficient (Wildman–Crippen LogP) is 1.42. The van der Waals surface area contributed by atoms with Crippen LogP contribution in [-0.2, 0) is 19.1 Å². The molecule has 0 saturated carbocycles. The van der Waals surface area contributed by atoms with Gasteiger partial charge in [0.05, 0.1) is 25.2 Å². The normalized spacial score (nSPS) is 19.9. The second-order valence-electron chi connectivity index (χ2n) is 6.01. The third kappa shape index (κ3) is 4.30. The summed E-state index contributed by atoms with van der Waals surface area (Å²) in [5.41, 5.74) is -0.623. The number of nitrogens with zero attached hydrogens (tertiary/aromatic N) is 1. The maximum atomic E-state index is 12.2. The highest BCUT2D eigenvalue weighted by Crippen LogP contribution is 2.21. The Bertz CT molecular complexity index is 385. The number of amides is 1. The Balaban J connectivity index is 2.93. The van der Waals surface area contributed by atoms with Gasteiger partial charge in [-0.2, -0.15) is 0 Å². The molecule has 1 aliphatic heterocycles. The number of hydrogen-bond donors (Lipinski definition) is 0. The van der Waals surface area contributed by atoms with Crippen LogP contribution < -0.4 is 0 Å². The monoisotopic (exact) mass is 285 g/mol. The van der Waals surface area contributed by atoms with Crippen LogP contribution in [0.2, 0.25) is 0 Å². The van der Waals surface area contributed by atoms with Crippen molar-refractivity contribution in [2.24, 2.45) is 5.92 Å². The second kappa shape index (κ2) is 6.35. The molecule has 0 aliphatic carbocycles. The van der Waals surface area contributed by atoms with E-state index in [4.69, 9.17) is 9.47 Å². The summed E-state index contributed by atoms with van der Waals surface area (Å²) in [6.07, 6.45) is -0.515. The third-order valence-corrected chi connectivity index (χ3v) is 3.05. The van der Waals surface area contributed by atoms with Crippen molar-refractivity contribution in [2.75, 3.05) is 19.8 Å². The Morgan fingerprint density at radius 2 is 1.75 bits per heavy atom. The van der Waals surface area contributed by atoms with Crippen molar-refractivity contribution in [2.45, 2.75) is 46.3 Å². The molecule has 0 bridgehead atoms. The highest BCUT2D eigenvalue weighted by molar-refractivity contribution is 6.01. The molecule has 6 nitrogen and oxygen atoms in total. The fourth-order valence-electron chi connectivity index (χ4n) is 2.27. The first-order valence-corrected chi connectivity index (χ1v) is 6.71. The Labute approximate surface area is 119 Å². The van der Waals surface area contributed by atoms with Gasteiger partial charge in [-0.3, -0.25) is 14.5 Å². The molecular weight excluding hydrogens is 262 g/mol. The molecule has 1 aliphatic rings. The number of ketones is 2. The molecule has 1 fully saturated rings. The van der Waals surface area contributed by atoms with Gasteiger partial charge in [-0.1, -0.05) is 0 Å². The van der Waals surface area contributed by atoms with Gasteiger partial charge in [0.2, 0.25) is 0 Å². The molecule has 1 atom stereocenters. The number of Topliss-reactive ketones (excluding diaryl/α,β-unsaturated/α-hetero) is 2. The van der Waals surface area contributed by atoms with Crippen molar-refractivity contribution in [3.8, 4) is 0 Å². The van der Waals surface area contributed by atoms with Crippen LogP contribution in [0, 0.1) is 5.92 Å². The first kappa shape index (κ1) is 16.6. The van der Waals surface area contributed by atoms with E-state index in [1.807, 2.05) is 0 Å². The molecule has 0 radical (unpaired) electrons. The lowest BCUT2D eigenvalue weighted by molar-refractivity contribution is -0.136. The van der Waals surface area contributed by atoms with Crippen molar-refractivity contribution in [1.29, 1.82) is 0 Å². The van der Waals surface area contributed by atoms with E-state index in [0.29, 0.717) is 13.2 Å². The van der Waals surface area contributed by atoms with Gasteiger partial charge in [0.15, 0.2) is 0 Å². The minimum atomic E-state index is -0.859. The standard InChI is InChI=1S/C14H23NO5/c1-9(16)12(10(2)17)11-8-19-7-6-15(11)13(18)20-14(3,4)5/h11-12H,6-8H2,1-5H3/t11-/m1/s1. The summed E-state index contributed by atoms with van der Waals surface area (Å²) in [6, 6.07) is -0.589. The van der Waals surface area contributed by atoms with E-state index in [2.05, 4.69) is 0 Å². The number of hydrogen-bond acceptors (Lipinski definition) is 5. The van der Waals surface area contributed by atoms with Gasteiger partial charge >= 0.3 is 6.09 Å². The molecule has 6 heteroatoms. The molecule has 1 heterocycles. The van der Waals surface area contributed by atoms with Gasteiger partial charge in [0.25, 0.3) is 0 Å². The summed E-state index contributed by atoms with van der Waals surface area (Å²) < 4.78 is 10.6. The van der Waals surface area contributed by atoms with E-state index in [1.54, 1.807) is 20.8 Å². The largest absolute Gasteiger partial charge is 0.444 e. The number of rotatable bonds is 3. The van der Waals surface area contributed by atoms with Crippen LogP contribution in [0.5, 0.6) is 0 Å². The number of ether oxygens (including phenoxy) is 2. The highest BCUT2D eigenvalue weighted by Gasteiger charge is 2.40. The zero-order valence-corrected chi connectivity index (χ0v) is 12.8. The molecule has 1 amide bonds. The maximum absolute atomic E-state index is 12.2. The molecule has 20 heavy (non-hydrogen) atoms. The number of carbonyl (C=O) groups is 3. The average molecular weight is 285 g/mol. The average Bonchev–Trinajstić information content (AvgIpc) is 2.26. The predicted molar refractivity (Wildman–Crippen MR) is 72.4 cm³/mol. The lowest BCUT2D eigenvalue weighted by Gasteiger charge is -2.39. The molecule has 1 saturated heterocycles. The van der Waals surface area contributed by atoms with E-state index in [1.165, 1.54) is 18.7 Å². The van der Waals surface area contributed by atoms with Crippen molar-refractivity contribution in [1.82, 2.24) is 4.90 Å². The molecule has 0 aromatic carbocycles. The van der Waals surface area contributed by atoms with Gasteiger partial charge in [0.1, 0.15) is 17.2 Å². The van der Waals surface area contributed by atoms with Gasteiger partial charge in [-0.25, -0.2) is 4.79 Å². The molecule has 1 rings (SSSR count). The van der Waals surface area contributed by atoms with Crippen molar-refractivity contribution in [3.63, 3.8) is 0 Å². The zero-order valence-electron chi connectivity index (χ0n) is 12.8. The fraction of sp³-hybridized carbons (Fsp3) is 0.786. The SMILES string of the molecule is CC(=O)C(C(C)=O)[C@H]1COCCN1C(=O)OC(C)(C)C. The van der Waals surface area contributed by atoms with Crippen LogP contribution in [0.25, 0.3) is 0 Å². The van der Waals surface area contributed by atoms with E-state index in [0.717, 1.165) is 0 Å². The van der Waals surface area contributed by atoms with Crippen LogP contribution in [0.3, 0.4) is 0 Å². The van der Waals surface area contributed by atoms with Crippen LogP contribution in [-0.4, -0.2) is 54.0 Å². The molecule has 0 aromatic rings. The van der Waals surface area contributed by atoms with Crippen LogP contribution >= 0.6 is 0 Å². The minimum Gasteiger partial charge on any atom is -0.444 e. The van der Waals surface area contributed by atoms with E-state index in [9.17, 15) is 14.4 Å². The summed E-state index contributed by atoms with van der Waals surface area (Å²) in [5, 5.41) is 0. The molecule has 114 valence electrons. The summed E-state index contributed by atoms with van der Waals surface area (Å²) >= 11 is 0. The summed E-state index contributed by atoms with van der Waals surface area (Å²) in [4.78, 5) is 37.0. The van der Waals surface area contributed by atoms with Crippen molar-refractivity contribution in [3.05, 3.63) is 0 Å². The fourth-order valence-corrected chi connectivity index (χ4v) is 2.27. The van der Waals surface area contributed by atoms with Gasteiger partial charge < -0.3 is 9.47 Å². The topological polar surface area (TPSA) is 72.9 Å². The second-order valence-corrected chi connectivity index (χ2v) is 6.01. The highest BCUT2D eigenvalue weighted by atomic mass is 16.6. The molecule has 0 aromatic heterocycles. The summed E-state index contributed by atoms with van der Waals surface area (Å²) in [6.45, 7) is 8.88. The van der Waals surface area contributed by atoms with E-state index in [-0.39, 0.29) is 18.2 Å². The zero-order chi connectivity index (χ0) is 15.5. The van der Waals surface area contributed by atoms with Gasteiger partial charge in [0, 0.05) is 6.54 Å². The molecule has 0 unspecified atom stereocenters. The van der Waals surface area contributed by atoms with E-state index < -0.39 is 23.7 Å². The number of morpholine rings is 1. The third-order valence-electron chi connectivity index (χ3n) is 3.05. The summed E-state index contributed by atoms with van der Waals surface area (Å²) in [7, 11) is 0. The smallest absolute Gasteiger partial charge is 0.410 e. The molecule has 0 N–H and O–H groups in total. The Kier molecular flexibility index (Phi) is 5.28. The van der Waals surface area contributed by atoms with Gasteiger partial charge in [-0.05, 0) is 34.6 Å². The molecule has 0 spiro atoms. The van der Waals surface area contributed by atoms with Crippen LogP contribution in [0.4, 0.5) is 4.79 Å². The van der Waals surface area contributed by atoms with Crippen LogP contribution in [0.1, 0.15) is 34.6 Å². The maximum Gasteiger partial charge on any atom is 0.410 e. The van der Waals surface area contributed by atoms with Crippen molar-refractivity contribution >= 4 is 17.7 Å². The van der Waals surface area contributed by atoms with Crippen molar-refractivity contribution < 1.29 is 23.9 Å².